The number of anilines is 1. The van der Waals surface area contributed by atoms with Crippen LogP contribution in [0.1, 0.15) is 30.4 Å². The van der Waals surface area contributed by atoms with E-state index in [1.165, 1.54) is 6.20 Å². The number of hydrogen-bond donors (Lipinski definition) is 4. The van der Waals surface area contributed by atoms with Crippen molar-refractivity contribution in [1.82, 2.24) is 10.3 Å². The highest BCUT2D eigenvalue weighted by molar-refractivity contribution is 7.16. The number of aliphatic hydroxyl groups excluding tert-OH is 1. The lowest BCUT2D eigenvalue weighted by Crippen LogP contribution is -2.43. The molecule has 1 unspecified atom stereocenters. The van der Waals surface area contributed by atoms with Crippen molar-refractivity contribution in [3.05, 3.63) is 35.3 Å². The first kappa shape index (κ1) is 21.3. The molecule has 0 aliphatic heterocycles. The van der Waals surface area contributed by atoms with Gasteiger partial charge in [-0.25, -0.2) is 14.6 Å². The first-order valence-corrected chi connectivity index (χ1v) is 9.11. The smallest absolute Gasteiger partial charge is 0.412 e. The summed E-state index contributed by atoms with van der Waals surface area (Å²) in [6, 6.07) is 5.41. The minimum absolute atomic E-state index is 0.214. The van der Waals surface area contributed by atoms with Gasteiger partial charge in [0.1, 0.15) is 15.5 Å². The van der Waals surface area contributed by atoms with Crippen molar-refractivity contribution in [2.45, 2.75) is 32.4 Å². The van der Waals surface area contributed by atoms with Crippen LogP contribution >= 0.6 is 11.3 Å². The van der Waals surface area contributed by atoms with Gasteiger partial charge in [0.25, 0.3) is 5.91 Å². The molecule has 1 atom stereocenters. The van der Waals surface area contributed by atoms with Crippen LogP contribution in [0.3, 0.4) is 0 Å². The fraction of sp³-hybridized carbons (Fsp3) is 0.333. The van der Waals surface area contributed by atoms with Gasteiger partial charge in [-0.05, 0) is 45.0 Å². The van der Waals surface area contributed by atoms with Gasteiger partial charge in [0.15, 0.2) is 6.04 Å². The Kier molecular flexibility index (Phi) is 6.71. The monoisotopic (exact) mass is 407 g/mol. The maximum absolute atomic E-state index is 12.1. The van der Waals surface area contributed by atoms with Crippen LogP contribution in [0.15, 0.2) is 30.5 Å². The Hall–Kier alpha value is -2.98. The van der Waals surface area contributed by atoms with E-state index in [-0.39, 0.29) is 4.88 Å². The normalized spacial score (nSPS) is 12.1. The van der Waals surface area contributed by atoms with Crippen LogP contribution in [0.25, 0.3) is 10.6 Å². The summed E-state index contributed by atoms with van der Waals surface area (Å²) < 4.78 is 5.18. The molecule has 28 heavy (non-hydrogen) atoms. The molecule has 9 nitrogen and oxygen atoms in total. The number of amides is 2. The molecular weight excluding hydrogens is 386 g/mol. The van der Waals surface area contributed by atoms with Crippen molar-refractivity contribution in [3.8, 4) is 10.6 Å². The second kappa shape index (κ2) is 8.81. The van der Waals surface area contributed by atoms with E-state index < -0.39 is 36.2 Å². The summed E-state index contributed by atoms with van der Waals surface area (Å²) in [5.74, 6) is -1.96. The molecule has 0 saturated carbocycles. The first-order valence-electron chi connectivity index (χ1n) is 8.30. The largest absolute Gasteiger partial charge is 0.480 e. The van der Waals surface area contributed by atoms with Crippen molar-refractivity contribution < 1.29 is 29.3 Å². The Morgan fingerprint density at radius 1 is 1.21 bits per heavy atom. The summed E-state index contributed by atoms with van der Waals surface area (Å²) in [6.45, 7) is 4.60. The van der Waals surface area contributed by atoms with E-state index in [0.29, 0.717) is 10.7 Å². The number of carboxylic acids is 1. The molecule has 0 fully saturated rings. The summed E-state index contributed by atoms with van der Waals surface area (Å²) in [5, 5.41) is 23.2. The maximum atomic E-state index is 12.1. The van der Waals surface area contributed by atoms with Crippen molar-refractivity contribution >= 4 is 35.0 Å². The number of carbonyl (C=O) groups excluding carboxylic acids is 2. The second-order valence-electron chi connectivity index (χ2n) is 6.78. The van der Waals surface area contributed by atoms with Crippen LogP contribution in [0.5, 0.6) is 0 Å². The summed E-state index contributed by atoms with van der Waals surface area (Å²) in [6.07, 6.45) is 0.767. The number of aliphatic hydroxyl groups is 1. The molecule has 10 heteroatoms. The lowest BCUT2D eigenvalue weighted by atomic mass is 10.2. The molecular formula is C18H21N3O6S. The zero-order valence-corrected chi connectivity index (χ0v) is 16.4. The number of hydrogen-bond acceptors (Lipinski definition) is 7. The zero-order valence-electron chi connectivity index (χ0n) is 15.6. The Morgan fingerprint density at radius 3 is 2.39 bits per heavy atom. The van der Waals surface area contributed by atoms with E-state index in [2.05, 4.69) is 15.6 Å². The lowest BCUT2D eigenvalue weighted by molar-refractivity contribution is -0.140. The van der Waals surface area contributed by atoms with Gasteiger partial charge in [0.2, 0.25) is 0 Å². The number of carbonyl (C=O) groups is 3. The van der Waals surface area contributed by atoms with E-state index in [4.69, 9.17) is 14.9 Å². The number of nitrogens with zero attached hydrogens (tertiary/aromatic N) is 1. The Morgan fingerprint density at radius 2 is 1.86 bits per heavy atom. The molecule has 2 rings (SSSR count). The molecule has 1 aromatic carbocycles. The third-order valence-electron chi connectivity index (χ3n) is 3.29. The molecule has 0 aliphatic carbocycles. The maximum Gasteiger partial charge on any atom is 0.412 e. The first-order chi connectivity index (χ1) is 13.1. The lowest BCUT2D eigenvalue weighted by Gasteiger charge is -2.19. The minimum atomic E-state index is -1.38. The van der Waals surface area contributed by atoms with Crippen molar-refractivity contribution in [2.75, 3.05) is 11.9 Å². The zero-order chi connectivity index (χ0) is 20.9. The summed E-state index contributed by atoms with van der Waals surface area (Å²) in [5.41, 5.74) is 0.660. The van der Waals surface area contributed by atoms with Gasteiger partial charge in [0, 0.05) is 11.3 Å². The Labute approximate surface area is 165 Å². The van der Waals surface area contributed by atoms with Crippen LogP contribution < -0.4 is 10.6 Å². The number of benzene rings is 1. The van der Waals surface area contributed by atoms with Crippen LogP contribution in [0.4, 0.5) is 10.5 Å². The average molecular weight is 407 g/mol. The van der Waals surface area contributed by atoms with Crippen molar-refractivity contribution in [2.24, 2.45) is 0 Å². The van der Waals surface area contributed by atoms with Crippen molar-refractivity contribution in [1.29, 1.82) is 0 Å². The molecule has 2 aromatic rings. The summed E-state index contributed by atoms with van der Waals surface area (Å²) in [7, 11) is 0. The molecule has 0 saturated heterocycles. The molecule has 1 aromatic heterocycles. The standard InChI is InChI=1S/C18H21N3O6S/c1-18(2,3)27-17(26)20-11-6-4-10(5-7-11)15-19-8-13(28-15)14(23)21-12(9-22)16(24)25/h4-8,12,22H,9H2,1-3H3,(H,20,26)(H,21,23)(H,24,25). The number of nitrogens with one attached hydrogen (secondary N) is 2. The predicted octanol–water partition coefficient (Wildman–Crippen LogP) is 2.33. The van der Waals surface area contributed by atoms with Crippen LogP contribution in [-0.4, -0.2) is 51.4 Å². The molecule has 0 aliphatic rings. The summed E-state index contributed by atoms with van der Waals surface area (Å²) in [4.78, 5) is 39.1. The summed E-state index contributed by atoms with van der Waals surface area (Å²) >= 11 is 1.08. The van der Waals surface area contributed by atoms with Crippen molar-refractivity contribution in [3.63, 3.8) is 0 Å². The SMILES string of the molecule is CC(C)(C)OC(=O)Nc1ccc(-c2ncc(C(=O)NC(CO)C(=O)O)s2)cc1. The van der Waals surface area contributed by atoms with Crippen LogP contribution in [-0.2, 0) is 9.53 Å². The van der Waals surface area contributed by atoms with Gasteiger partial charge in [-0.1, -0.05) is 0 Å². The number of rotatable bonds is 6. The van der Waals surface area contributed by atoms with E-state index >= 15 is 0 Å². The fourth-order valence-corrected chi connectivity index (χ4v) is 2.87. The highest BCUT2D eigenvalue weighted by atomic mass is 32.1. The van der Waals surface area contributed by atoms with Gasteiger partial charge in [-0.3, -0.25) is 10.1 Å². The minimum Gasteiger partial charge on any atom is -0.480 e. The Balaban J connectivity index is 2.04. The molecule has 150 valence electrons. The van der Waals surface area contributed by atoms with E-state index in [0.717, 1.165) is 16.9 Å². The number of aliphatic carboxylic acids is 1. The number of carboxylic acid groups (broad SMARTS) is 1. The number of aromatic nitrogens is 1. The predicted molar refractivity (Wildman–Crippen MR) is 103 cm³/mol. The molecule has 1 heterocycles. The van der Waals surface area contributed by atoms with E-state index in [9.17, 15) is 14.4 Å². The molecule has 4 N–H and O–H groups in total. The fourth-order valence-electron chi connectivity index (χ4n) is 2.04. The molecule has 0 spiro atoms. The number of thiazole rings is 1. The third kappa shape index (κ3) is 6.03. The third-order valence-corrected chi connectivity index (χ3v) is 4.34. The average Bonchev–Trinajstić information content (AvgIpc) is 3.08. The second-order valence-corrected chi connectivity index (χ2v) is 7.81. The Bertz CT molecular complexity index is 857. The number of ether oxygens (including phenoxy) is 1. The van der Waals surface area contributed by atoms with Gasteiger partial charge < -0.3 is 20.3 Å². The van der Waals surface area contributed by atoms with Gasteiger partial charge in [-0.15, -0.1) is 11.3 Å². The molecule has 0 bridgehead atoms. The molecule has 2 amide bonds. The van der Waals surface area contributed by atoms with E-state index in [1.54, 1.807) is 45.0 Å². The van der Waals surface area contributed by atoms with Gasteiger partial charge >= 0.3 is 12.1 Å². The van der Waals surface area contributed by atoms with Gasteiger partial charge in [-0.2, -0.15) is 0 Å². The van der Waals surface area contributed by atoms with Crippen LogP contribution in [0, 0.1) is 0 Å². The molecule has 0 radical (unpaired) electrons. The highest BCUT2D eigenvalue weighted by Crippen LogP contribution is 2.26. The van der Waals surface area contributed by atoms with Gasteiger partial charge in [0.05, 0.1) is 12.8 Å². The van der Waals surface area contributed by atoms with E-state index in [1.807, 2.05) is 0 Å². The topological polar surface area (TPSA) is 138 Å². The van der Waals surface area contributed by atoms with Crippen LogP contribution in [0.2, 0.25) is 0 Å². The highest BCUT2D eigenvalue weighted by Gasteiger charge is 2.21. The quantitative estimate of drug-likeness (QED) is 0.576.